The molecule has 1 aromatic carbocycles. The van der Waals surface area contributed by atoms with Gasteiger partial charge in [0.2, 0.25) is 11.2 Å². The van der Waals surface area contributed by atoms with Crippen LogP contribution in [0.15, 0.2) is 33.5 Å². The zero-order valence-electron chi connectivity index (χ0n) is 10.2. The standard InChI is InChI=1S/C14H11FO5/c15-10-5-8(1-3-11(10)17)2-4-13-14(19)12(18)6-9(7-16)20-13/h1-6,16-17,19H,7H2. The second-order valence-corrected chi connectivity index (χ2v) is 3.99. The molecule has 0 radical (unpaired) electrons. The fraction of sp³-hybridized carbons (Fsp3) is 0.0714. The topological polar surface area (TPSA) is 90.9 Å². The average molecular weight is 278 g/mol. The monoisotopic (exact) mass is 278 g/mol. The van der Waals surface area contributed by atoms with Gasteiger partial charge in [0.05, 0.1) is 0 Å². The van der Waals surface area contributed by atoms with E-state index < -0.39 is 29.4 Å². The van der Waals surface area contributed by atoms with E-state index in [0.29, 0.717) is 5.56 Å². The molecule has 6 heteroatoms. The summed E-state index contributed by atoms with van der Waals surface area (Å²) in [5.41, 5.74) is -0.284. The highest BCUT2D eigenvalue weighted by Gasteiger charge is 2.08. The lowest BCUT2D eigenvalue weighted by Gasteiger charge is -2.01. The molecule has 3 N–H and O–H groups in total. The molecule has 0 aliphatic rings. The molecule has 0 fully saturated rings. The minimum Gasteiger partial charge on any atom is -0.505 e. The molecule has 20 heavy (non-hydrogen) atoms. The van der Waals surface area contributed by atoms with E-state index in [2.05, 4.69) is 0 Å². The predicted molar refractivity (Wildman–Crippen MR) is 69.6 cm³/mol. The van der Waals surface area contributed by atoms with Crippen LogP contribution in [0.2, 0.25) is 0 Å². The van der Waals surface area contributed by atoms with Crippen molar-refractivity contribution in [3.8, 4) is 11.5 Å². The first-order valence-electron chi connectivity index (χ1n) is 5.64. The van der Waals surface area contributed by atoms with E-state index in [-0.39, 0.29) is 11.5 Å². The molecule has 0 amide bonds. The fourth-order valence-electron chi connectivity index (χ4n) is 1.54. The largest absolute Gasteiger partial charge is 0.505 e. The van der Waals surface area contributed by atoms with Crippen LogP contribution < -0.4 is 5.43 Å². The third kappa shape index (κ3) is 2.86. The van der Waals surface area contributed by atoms with Gasteiger partial charge in [-0.1, -0.05) is 12.1 Å². The predicted octanol–water partition coefficient (Wildman–Crippen LogP) is 1.85. The van der Waals surface area contributed by atoms with Gasteiger partial charge in [-0.25, -0.2) is 4.39 Å². The van der Waals surface area contributed by atoms with Crippen molar-refractivity contribution >= 4 is 12.2 Å². The van der Waals surface area contributed by atoms with Crippen LogP contribution in [-0.2, 0) is 6.61 Å². The number of phenols is 1. The number of hydrogen-bond donors (Lipinski definition) is 3. The summed E-state index contributed by atoms with van der Waals surface area (Å²) in [7, 11) is 0. The van der Waals surface area contributed by atoms with E-state index >= 15 is 0 Å². The van der Waals surface area contributed by atoms with E-state index in [1.165, 1.54) is 24.3 Å². The van der Waals surface area contributed by atoms with Crippen LogP contribution in [0.5, 0.6) is 11.5 Å². The summed E-state index contributed by atoms with van der Waals surface area (Å²) in [6, 6.07) is 4.68. The van der Waals surface area contributed by atoms with Crippen LogP contribution >= 0.6 is 0 Å². The highest BCUT2D eigenvalue weighted by Crippen LogP contribution is 2.20. The lowest BCUT2D eigenvalue weighted by atomic mass is 10.2. The van der Waals surface area contributed by atoms with E-state index in [4.69, 9.17) is 14.6 Å². The maximum Gasteiger partial charge on any atom is 0.227 e. The van der Waals surface area contributed by atoms with Crippen LogP contribution in [0.1, 0.15) is 17.1 Å². The molecule has 2 rings (SSSR count). The first-order valence-corrected chi connectivity index (χ1v) is 5.64. The van der Waals surface area contributed by atoms with Crippen LogP contribution in [-0.4, -0.2) is 15.3 Å². The maximum atomic E-state index is 13.1. The van der Waals surface area contributed by atoms with Crippen molar-refractivity contribution in [1.82, 2.24) is 0 Å². The van der Waals surface area contributed by atoms with Gasteiger partial charge in [-0.2, -0.15) is 0 Å². The number of phenolic OH excluding ortho intramolecular Hbond substituents is 1. The summed E-state index contributed by atoms with van der Waals surface area (Å²) < 4.78 is 18.2. The number of rotatable bonds is 3. The molecule has 0 aliphatic carbocycles. The van der Waals surface area contributed by atoms with Crippen molar-refractivity contribution < 1.29 is 24.1 Å². The third-order valence-electron chi connectivity index (χ3n) is 2.55. The van der Waals surface area contributed by atoms with Crippen molar-refractivity contribution in [1.29, 1.82) is 0 Å². The molecule has 1 aromatic heterocycles. The normalized spacial score (nSPS) is 11.1. The Morgan fingerprint density at radius 2 is 1.95 bits per heavy atom. The fourth-order valence-corrected chi connectivity index (χ4v) is 1.54. The Morgan fingerprint density at radius 1 is 1.20 bits per heavy atom. The number of aliphatic hydroxyl groups excluding tert-OH is 1. The number of hydrogen-bond acceptors (Lipinski definition) is 5. The van der Waals surface area contributed by atoms with Gasteiger partial charge in [-0.15, -0.1) is 0 Å². The summed E-state index contributed by atoms with van der Waals surface area (Å²) in [5, 5.41) is 27.5. The summed E-state index contributed by atoms with van der Waals surface area (Å²) in [4.78, 5) is 11.4. The minimum absolute atomic E-state index is 0.00402. The number of aromatic hydroxyl groups is 2. The second kappa shape index (κ2) is 5.58. The molecular formula is C14H11FO5. The van der Waals surface area contributed by atoms with E-state index in [0.717, 1.165) is 12.1 Å². The molecule has 0 bridgehead atoms. The highest BCUT2D eigenvalue weighted by atomic mass is 19.1. The minimum atomic E-state index is -0.790. The van der Waals surface area contributed by atoms with Crippen molar-refractivity contribution in [3.05, 3.63) is 57.4 Å². The van der Waals surface area contributed by atoms with Gasteiger partial charge < -0.3 is 19.7 Å². The highest BCUT2D eigenvalue weighted by molar-refractivity contribution is 5.69. The SMILES string of the molecule is O=c1cc(CO)oc(C=Cc2ccc(O)c(F)c2)c1O. The Hall–Kier alpha value is -2.60. The molecule has 1 heterocycles. The number of benzene rings is 1. The van der Waals surface area contributed by atoms with E-state index in [9.17, 15) is 14.3 Å². The quantitative estimate of drug-likeness (QED) is 0.797. The lowest BCUT2D eigenvalue weighted by molar-refractivity contribution is 0.240. The smallest absolute Gasteiger partial charge is 0.227 e. The Labute approximate surface area is 112 Å². The molecule has 0 unspecified atom stereocenters. The zero-order valence-corrected chi connectivity index (χ0v) is 10.2. The Balaban J connectivity index is 2.38. The summed E-state index contributed by atoms with van der Waals surface area (Å²) in [5.74, 6) is -2.00. The summed E-state index contributed by atoms with van der Waals surface area (Å²) >= 11 is 0. The van der Waals surface area contributed by atoms with Crippen molar-refractivity contribution in [2.45, 2.75) is 6.61 Å². The van der Waals surface area contributed by atoms with Crippen molar-refractivity contribution in [2.75, 3.05) is 0 Å². The van der Waals surface area contributed by atoms with Crippen LogP contribution in [0.3, 0.4) is 0 Å². The zero-order chi connectivity index (χ0) is 14.7. The number of aliphatic hydroxyl groups is 1. The molecule has 2 aromatic rings. The first-order chi connectivity index (χ1) is 9.51. The Kier molecular flexibility index (Phi) is 3.86. The molecule has 104 valence electrons. The van der Waals surface area contributed by atoms with E-state index in [1.54, 1.807) is 0 Å². The van der Waals surface area contributed by atoms with E-state index in [1.807, 2.05) is 0 Å². The van der Waals surface area contributed by atoms with Gasteiger partial charge in [0, 0.05) is 6.07 Å². The Bertz CT molecular complexity index is 718. The Morgan fingerprint density at radius 3 is 2.60 bits per heavy atom. The maximum absolute atomic E-state index is 13.1. The van der Waals surface area contributed by atoms with Crippen molar-refractivity contribution in [2.24, 2.45) is 0 Å². The third-order valence-corrected chi connectivity index (χ3v) is 2.55. The van der Waals surface area contributed by atoms with Gasteiger partial charge >= 0.3 is 0 Å². The van der Waals surface area contributed by atoms with Gasteiger partial charge in [0.1, 0.15) is 12.4 Å². The van der Waals surface area contributed by atoms with Gasteiger partial charge in [-0.05, 0) is 23.8 Å². The molecule has 0 saturated carbocycles. The molecule has 0 aliphatic heterocycles. The lowest BCUT2D eigenvalue weighted by Crippen LogP contribution is -2.02. The van der Waals surface area contributed by atoms with Crippen molar-refractivity contribution in [3.63, 3.8) is 0 Å². The summed E-state index contributed by atoms with van der Waals surface area (Å²) in [6.45, 7) is -0.482. The first kappa shape index (κ1) is 13.8. The number of halogens is 1. The molecule has 0 spiro atoms. The molecule has 0 atom stereocenters. The average Bonchev–Trinajstić information content (AvgIpc) is 2.44. The second-order valence-electron chi connectivity index (χ2n) is 3.99. The van der Waals surface area contributed by atoms with Gasteiger partial charge in [-0.3, -0.25) is 4.79 Å². The van der Waals surface area contributed by atoms with Crippen LogP contribution in [0, 0.1) is 5.82 Å². The summed E-state index contributed by atoms with van der Waals surface area (Å²) in [6.07, 6.45) is 2.66. The molecule has 0 saturated heterocycles. The van der Waals surface area contributed by atoms with Gasteiger partial charge in [0.25, 0.3) is 0 Å². The molecular weight excluding hydrogens is 267 g/mol. The van der Waals surface area contributed by atoms with Crippen LogP contribution in [0.4, 0.5) is 4.39 Å². The van der Waals surface area contributed by atoms with Gasteiger partial charge in [0.15, 0.2) is 17.3 Å². The van der Waals surface area contributed by atoms with Crippen LogP contribution in [0.25, 0.3) is 12.2 Å². The molecule has 5 nitrogen and oxygen atoms in total.